The predicted molar refractivity (Wildman–Crippen MR) is 85.2 cm³/mol. The molecule has 0 spiro atoms. The van der Waals surface area contributed by atoms with Crippen molar-refractivity contribution in [1.82, 2.24) is 9.88 Å². The fraction of sp³-hybridized carbons (Fsp3) is 0.278. The Labute approximate surface area is 134 Å². The lowest BCUT2D eigenvalue weighted by atomic mass is 9.96. The van der Waals surface area contributed by atoms with E-state index in [4.69, 9.17) is 4.74 Å². The van der Waals surface area contributed by atoms with Gasteiger partial charge in [0.25, 0.3) is 5.91 Å². The molecule has 0 saturated heterocycles. The molecule has 0 saturated carbocycles. The topological polar surface area (TPSA) is 59.5 Å². The van der Waals surface area contributed by atoms with E-state index in [1.807, 2.05) is 31.2 Å². The molecule has 1 amide bonds. The first-order valence-corrected chi connectivity index (χ1v) is 7.50. The molecule has 1 aromatic heterocycles. The highest BCUT2D eigenvalue weighted by Gasteiger charge is 2.25. The number of nitrogens with zero attached hydrogens (tertiary/aromatic N) is 2. The van der Waals surface area contributed by atoms with Gasteiger partial charge >= 0.3 is 5.97 Å². The van der Waals surface area contributed by atoms with Crippen molar-refractivity contribution in [2.45, 2.75) is 19.9 Å². The van der Waals surface area contributed by atoms with Crippen LogP contribution in [0.25, 0.3) is 0 Å². The van der Waals surface area contributed by atoms with Gasteiger partial charge in [0.15, 0.2) is 0 Å². The molecule has 118 valence electrons. The van der Waals surface area contributed by atoms with Crippen molar-refractivity contribution in [3.63, 3.8) is 0 Å². The molecule has 3 rings (SSSR count). The monoisotopic (exact) mass is 310 g/mol. The van der Waals surface area contributed by atoms with Crippen LogP contribution in [0.5, 0.6) is 0 Å². The van der Waals surface area contributed by atoms with E-state index in [2.05, 4.69) is 4.98 Å². The number of benzene rings is 1. The summed E-state index contributed by atoms with van der Waals surface area (Å²) in [5.74, 6) is -0.383. The highest BCUT2D eigenvalue weighted by Crippen LogP contribution is 2.23. The van der Waals surface area contributed by atoms with Crippen molar-refractivity contribution < 1.29 is 14.3 Å². The Balaban J connectivity index is 1.84. The number of aryl methyl sites for hydroxylation is 1. The predicted octanol–water partition coefficient (Wildman–Crippen LogP) is 2.38. The van der Waals surface area contributed by atoms with E-state index in [-0.39, 0.29) is 11.9 Å². The second-order valence-corrected chi connectivity index (χ2v) is 5.66. The number of aromatic nitrogens is 1. The molecular weight excluding hydrogens is 292 g/mol. The third-order valence-electron chi connectivity index (χ3n) is 4.13. The van der Waals surface area contributed by atoms with Gasteiger partial charge < -0.3 is 9.64 Å². The number of hydrogen-bond donors (Lipinski definition) is 0. The average Bonchev–Trinajstić information content (AvgIpc) is 2.60. The zero-order chi connectivity index (χ0) is 16.4. The van der Waals surface area contributed by atoms with E-state index < -0.39 is 0 Å². The summed E-state index contributed by atoms with van der Waals surface area (Å²) in [6.45, 7) is 3.03. The summed E-state index contributed by atoms with van der Waals surface area (Å²) in [6.07, 6.45) is 3.87. The van der Waals surface area contributed by atoms with Crippen molar-refractivity contribution in [1.29, 1.82) is 0 Å². The van der Waals surface area contributed by atoms with Gasteiger partial charge in [-0.2, -0.15) is 0 Å². The second kappa shape index (κ2) is 6.20. The van der Waals surface area contributed by atoms with Crippen LogP contribution in [0.3, 0.4) is 0 Å². The Morgan fingerprint density at radius 2 is 1.91 bits per heavy atom. The summed E-state index contributed by atoms with van der Waals surface area (Å²) in [4.78, 5) is 30.3. The van der Waals surface area contributed by atoms with E-state index in [1.54, 1.807) is 11.1 Å². The van der Waals surface area contributed by atoms with Crippen LogP contribution in [-0.2, 0) is 17.7 Å². The number of pyridine rings is 1. The lowest BCUT2D eigenvalue weighted by Gasteiger charge is -2.29. The number of fused-ring (bicyclic) bond motifs is 1. The molecule has 5 nitrogen and oxygen atoms in total. The van der Waals surface area contributed by atoms with Crippen LogP contribution in [0.15, 0.2) is 36.7 Å². The first-order valence-electron chi connectivity index (χ1n) is 7.50. The quantitative estimate of drug-likeness (QED) is 0.799. The highest BCUT2D eigenvalue weighted by atomic mass is 16.5. The summed E-state index contributed by atoms with van der Waals surface area (Å²) >= 11 is 0. The lowest BCUT2D eigenvalue weighted by molar-refractivity contribution is 0.0598. The first kappa shape index (κ1) is 15.2. The van der Waals surface area contributed by atoms with E-state index in [9.17, 15) is 9.59 Å². The number of carbonyl (C=O) groups excluding carboxylic acids is 2. The first-order chi connectivity index (χ1) is 11.1. The van der Waals surface area contributed by atoms with Crippen molar-refractivity contribution in [3.05, 3.63) is 64.5 Å². The summed E-state index contributed by atoms with van der Waals surface area (Å²) in [5.41, 5.74) is 4.13. The van der Waals surface area contributed by atoms with Crippen LogP contribution in [0.1, 0.15) is 37.4 Å². The van der Waals surface area contributed by atoms with Crippen molar-refractivity contribution in [3.8, 4) is 0 Å². The van der Waals surface area contributed by atoms with E-state index >= 15 is 0 Å². The second-order valence-electron chi connectivity index (χ2n) is 5.66. The van der Waals surface area contributed by atoms with Gasteiger partial charge in [-0.05, 0) is 36.6 Å². The fourth-order valence-electron chi connectivity index (χ4n) is 2.83. The molecular formula is C18H18N2O3. The maximum Gasteiger partial charge on any atom is 0.339 e. The molecule has 5 heteroatoms. The molecule has 0 atom stereocenters. The Kier molecular flexibility index (Phi) is 4.10. The van der Waals surface area contributed by atoms with Crippen LogP contribution < -0.4 is 0 Å². The molecule has 0 bridgehead atoms. The number of esters is 1. The smallest absolute Gasteiger partial charge is 0.339 e. The average molecular weight is 310 g/mol. The molecule has 23 heavy (non-hydrogen) atoms. The Hall–Kier alpha value is -2.69. The number of hydrogen-bond acceptors (Lipinski definition) is 4. The number of carbonyl (C=O) groups is 2. The van der Waals surface area contributed by atoms with Crippen LogP contribution in [0.2, 0.25) is 0 Å². The standard InChI is InChI=1S/C18H18N2O3/c1-12-3-5-13(6-4-12)17(21)20-8-7-15-14(11-20)9-19-10-16(15)18(22)23-2/h3-6,9-10H,7-8,11H2,1-2H3. The molecule has 0 N–H and O–H groups in total. The number of amides is 1. The van der Waals surface area contributed by atoms with Crippen LogP contribution in [-0.4, -0.2) is 35.4 Å². The maximum atomic E-state index is 12.6. The largest absolute Gasteiger partial charge is 0.465 e. The van der Waals surface area contributed by atoms with Gasteiger partial charge in [-0.25, -0.2) is 4.79 Å². The molecule has 1 aliphatic heterocycles. The third-order valence-corrected chi connectivity index (χ3v) is 4.13. The summed E-state index contributed by atoms with van der Waals surface area (Å²) in [6, 6.07) is 7.55. The molecule has 2 aromatic rings. The van der Waals surface area contributed by atoms with Crippen molar-refractivity contribution >= 4 is 11.9 Å². The molecule has 1 aliphatic rings. The zero-order valence-corrected chi connectivity index (χ0v) is 13.2. The van der Waals surface area contributed by atoms with E-state index in [0.717, 1.165) is 16.7 Å². The van der Waals surface area contributed by atoms with Gasteiger partial charge in [0.1, 0.15) is 0 Å². The molecule has 1 aromatic carbocycles. The van der Waals surface area contributed by atoms with Gasteiger partial charge in [0.05, 0.1) is 12.7 Å². The minimum absolute atomic E-state index is 0.000814. The minimum Gasteiger partial charge on any atom is -0.465 e. The number of rotatable bonds is 2. The SMILES string of the molecule is COC(=O)c1cncc2c1CCN(C(=O)c1ccc(C)cc1)C2. The van der Waals surface area contributed by atoms with E-state index in [1.165, 1.54) is 13.3 Å². The zero-order valence-electron chi connectivity index (χ0n) is 13.2. The highest BCUT2D eigenvalue weighted by molar-refractivity contribution is 5.95. The molecule has 0 fully saturated rings. The van der Waals surface area contributed by atoms with Gasteiger partial charge in [-0.15, -0.1) is 0 Å². The van der Waals surface area contributed by atoms with Crippen LogP contribution in [0, 0.1) is 6.92 Å². The van der Waals surface area contributed by atoms with Crippen LogP contribution >= 0.6 is 0 Å². The normalized spacial score (nSPS) is 13.4. The van der Waals surface area contributed by atoms with Crippen LogP contribution in [0.4, 0.5) is 0 Å². The number of methoxy groups -OCH3 is 1. The fourth-order valence-corrected chi connectivity index (χ4v) is 2.83. The van der Waals surface area contributed by atoms with E-state index in [0.29, 0.717) is 30.6 Å². The van der Waals surface area contributed by atoms with Gasteiger partial charge in [0.2, 0.25) is 0 Å². The molecule has 2 heterocycles. The third kappa shape index (κ3) is 2.95. The Bertz CT molecular complexity index is 753. The molecule has 0 radical (unpaired) electrons. The summed E-state index contributed by atoms with van der Waals surface area (Å²) in [7, 11) is 1.36. The van der Waals surface area contributed by atoms with Gasteiger partial charge in [-0.1, -0.05) is 17.7 Å². The Morgan fingerprint density at radius 1 is 1.17 bits per heavy atom. The Morgan fingerprint density at radius 3 is 2.61 bits per heavy atom. The molecule has 0 aliphatic carbocycles. The lowest BCUT2D eigenvalue weighted by Crippen LogP contribution is -2.36. The van der Waals surface area contributed by atoms with Crippen molar-refractivity contribution in [2.24, 2.45) is 0 Å². The maximum absolute atomic E-state index is 12.6. The molecule has 0 unspecified atom stereocenters. The number of ether oxygens (including phenoxy) is 1. The van der Waals surface area contributed by atoms with Gasteiger partial charge in [-0.3, -0.25) is 9.78 Å². The minimum atomic E-state index is -0.382. The summed E-state index contributed by atoms with van der Waals surface area (Å²) in [5, 5.41) is 0. The van der Waals surface area contributed by atoms with Gasteiger partial charge in [0, 0.05) is 31.0 Å². The summed E-state index contributed by atoms with van der Waals surface area (Å²) < 4.78 is 4.80. The van der Waals surface area contributed by atoms with Crippen molar-refractivity contribution in [2.75, 3.05) is 13.7 Å².